The van der Waals surface area contributed by atoms with Gasteiger partial charge in [0.1, 0.15) is 0 Å². The fourth-order valence-corrected chi connectivity index (χ4v) is 2.39. The van der Waals surface area contributed by atoms with Crippen molar-refractivity contribution in [3.63, 3.8) is 0 Å². The lowest BCUT2D eigenvalue weighted by molar-refractivity contribution is 0.0905. The Balaban J connectivity index is 1.98. The largest absolute Gasteiger partial charge is 0.345 e. The maximum atomic E-state index is 11.8. The predicted molar refractivity (Wildman–Crippen MR) is 77.4 cm³/mol. The van der Waals surface area contributed by atoms with Gasteiger partial charge in [-0.2, -0.15) is 0 Å². The third-order valence-electron chi connectivity index (χ3n) is 2.39. The first-order chi connectivity index (χ1) is 9.08. The van der Waals surface area contributed by atoms with E-state index in [1.54, 1.807) is 24.3 Å². The van der Waals surface area contributed by atoms with Crippen LogP contribution in [-0.4, -0.2) is 18.2 Å². The Morgan fingerprint density at radius 2 is 1.95 bits per heavy atom. The highest BCUT2D eigenvalue weighted by molar-refractivity contribution is 7.12. The molecule has 98 valence electrons. The van der Waals surface area contributed by atoms with E-state index in [1.807, 2.05) is 5.38 Å². The van der Waals surface area contributed by atoms with Gasteiger partial charge < -0.3 is 5.32 Å². The minimum absolute atomic E-state index is 0.0421. The zero-order valence-corrected chi connectivity index (χ0v) is 12.0. The van der Waals surface area contributed by atoms with E-state index >= 15 is 0 Å². The molecule has 0 fully saturated rings. The molecule has 0 aliphatic carbocycles. The van der Waals surface area contributed by atoms with Crippen molar-refractivity contribution in [1.82, 2.24) is 5.32 Å². The smallest absolute Gasteiger partial charge is 0.251 e. The number of Topliss-reactive ketones (excluding diaryl/α,β-unsaturated/α-hetero) is 1. The van der Waals surface area contributed by atoms with Gasteiger partial charge in [0.25, 0.3) is 5.91 Å². The molecule has 1 amide bonds. The van der Waals surface area contributed by atoms with E-state index in [2.05, 4.69) is 5.32 Å². The van der Waals surface area contributed by atoms with Crippen LogP contribution in [0.25, 0.3) is 0 Å². The Morgan fingerprint density at radius 1 is 1.16 bits per heavy atom. The van der Waals surface area contributed by atoms with E-state index in [4.69, 9.17) is 23.2 Å². The van der Waals surface area contributed by atoms with Gasteiger partial charge in [-0.1, -0.05) is 29.3 Å². The average Bonchev–Trinajstić information content (AvgIpc) is 2.92. The van der Waals surface area contributed by atoms with Gasteiger partial charge in [-0.05, 0) is 29.6 Å². The van der Waals surface area contributed by atoms with Crippen molar-refractivity contribution in [3.8, 4) is 0 Å². The summed E-state index contributed by atoms with van der Waals surface area (Å²) in [5, 5.41) is 5.05. The van der Waals surface area contributed by atoms with E-state index in [-0.39, 0.29) is 18.2 Å². The molecule has 1 heterocycles. The Bertz CT molecular complexity index is 611. The van der Waals surface area contributed by atoms with Crippen molar-refractivity contribution in [2.75, 3.05) is 6.54 Å². The van der Waals surface area contributed by atoms with Crippen LogP contribution in [0.1, 0.15) is 20.0 Å². The standard InChI is InChI=1S/C13H9Cl2NO2S/c14-9-4-3-8(6-10(9)15)13(18)16-7-11(17)12-2-1-5-19-12/h1-6H,7H2,(H,16,18). The molecule has 0 saturated heterocycles. The number of carbonyl (C=O) groups is 2. The molecular weight excluding hydrogens is 305 g/mol. The third-order valence-corrected chi connectivity index (χ3v) is 4.04. The van der Waals surface area contributed by atoms with Crippen LogP contribution >= 0.6 is 34.5 Å². The van der Waals surface area contributed by atoms with Crippen LogP contribution in [0.3, 0.4) is 0 Å². The zero-order valence-electron chi connectivity index (χ0n) is 9.65. The summed E-state index contributed by atoms with van der Waals surface area (Å²) in [7, 11) is 0. The molecule has 3 nitrogen and oxygen atoms in total. The van der Waals surface area contributed by atoms with Crippen molar-refractivity contribution >= 4 is 46.2 Å². The maximum Gasteiger partial charge on any atom is 0.251 e. The number of benzene rings is 1. The average molecular weight is 314 g/mol. The van der Waals surface area contributed by atoms with E-state index in [0.717, 1.165) is 0 Å². The molecule has 0 bridgehead atoms. The van der Waals surface area contributed by atoms with Crippen molar-refractivity contribution in [2.45, 2.75) is 0 Å². The molecule has 0 unspecified atom stereocenters. The summed E-state index contributed by atoms with van der Waals surface area (Å²) >= 11 is 12.9. The summed E-state index contributed by atoms with van der Waals surface area (Å²) in [6.45, 7) is -0.0421. The van der Waals surface area contributed by atoms with Gasteiger partial charge in [-0.3, -0.25) is 9.59 Å². The summed E-state index contributed by atoms with van der Waals surface area (Å²) in [4.78, 5) is 24.2. The topological polar surface area (TPSA) is 46.2 Å². The summed E-state index contributed by atoms with van der Waals surface area (Å²) in [6.07, 6.45) is 0. The second-order valence-corrected chi connectivity index (χ2v) is 5.47. The molecule has 0 saturated carbocycles. The highest BCUT2D eigenvalue weighted by Crippen LogP contribution is 2.22. The first-order valence-corrected chi connectivity index (χ1v) is 7.01. The lowest BCUT2D eigenvalue weighted by atomic mass is 10.2. The van der Waals surface area contributed by atoms with E-state index < -0.39 is 0 Å². The Morgan fingerprint density at radius 3 is 2.58 bits per heavy atom. The summed E-state index contributed by atoms with van der Waals surface area (Å²) in [5.41, 5.74) is 0.369. The van der Waals surface area contributed by atoms with Gasteiger partial charge in [0.05, 0.1) is 21.5 Å². The predicted octanol–water partition coefficient (Wildman–Crippen LogP) is 3.67. The molecule has 19 heavy (non-hydrogen) atoms. The molecule has 0 radical (unpaired) electrons. The molecule has 6 heteroatoms. The minimum Gasteiger partial charge on any atom is -0.345 e. The highest BCUT2D eigenvalue weighted by Gasteiger charge is 2.11. The lowest BCUT2D eigenvalue weighted by Gasteiger charge is -2.04. The van der Waals surface area contributed by atoms with Crippen LogP contribution in [0.4, 0.5) is 0 Å². The summed E-state index contributed by atoms with van der Waals surface area (Å²) in [5.74, 6) is -0.480. The molecule has 1 aromatic heterocycles. The molecule has 0 aliphatic heterocycles. The van der Waals surface area contributed by atoms with E-state index in [1.165, 1.54) is 17.4 Å². The van der Waals surface area contributed by atoms with Gasteiger partial charge in [0.15, 0.2) is 5.78 Å². The van der Waals surface area contributed by atoms with Gasteiger partial charge in [0, 0.05) is 5.56 Å². The number of ketones is 1. The lowest BCUT2D eigenvalue weighted by Crippen LogP contribution is -2.29. The fraction of sp³-hybridized carbons (Fsp3) is 0.0769. The van der Waals surface area contributed by atoms with Crippen molar-refractivity contribution < 1.29 is 9.59 Å². The molecule has 2 rings (SSSR count). The van der Waals surface area contributed by atoms with Crippen LogP contribution in [0.5, 0.6) is 0 Å². The van der Waals surface area contributed by atoms with Crippen LogP contribution in [0.15, 0.2) is 35.7 Å². The van der Waals surface area contributed by atoms with Gasteiger partial charge in [0.2, 0.25) is 0 Å². The minimum atomic E-state index is -0.358. The number of hydrogen-bond donors (Lipinski definition) is 1. The molecule has 2 aromatic rings. The third kappa shape index (κ3) is 3.56. The zero-order chi connectivity index (χ0) is 13.8. The highest BCUT2D eigenvalue weighted by atomic mass is 35.5. The van der Waals surface area contributed by atoms with Gasteiger partial charge in [-0.15, -0.1) is 11.3 Å². The van der Waals surface area contributed by atoms with E-state index in [0.29, 0.717) is 20.5 Å². The first kappa shape index (κ1) is 14.1. The second kappa shape index (κ2) is 6.19. The van der Waals surface area contributed by atoms with Gasteiger partial charge >= 0.3 is 0 Å². The SMILES string of the molecule is O=C(NCC(=O)c1cccs1)c1ccc(Cl)c(Cl)c1. The molecule has 0 aliphatic rings. The fourth-order valence-electron chi connectivity index (χ4n) is 1.42. The van der Waals surface area contributed by atoms with Crippen LogP contribution in [-0.2, 0) is 0 Å². The van der Waals surface area contributed by atoms with Crippen LogP contribution in [0, 0.1) is 0 Å². The Hall–Kier alpha value is -1.36. The van der Waals surface area contributed by atoms with Crippen molar-refractivity contribution in [3.05, 3.63) is 56.2 Å². The molecule has 1 aromatic carbocycles. The monoisotopic (exact) mass is 313 g/mol. The quantitative estimate of drug-likeness (QED) is 0.875. The Labute approximate surface area is 124 Å². The number of rotatable bonds is 4. The first-order valence-electron chi connectivity index (χ1n) is 5.38. The second-order valence-electron chi connectivity index (χ2n) is 3.71. The molecule has 1 N–H and O–H groups in total. The normalized spacial score (nSPS) is 10.2. The summed E-state index contributed by atoms with van der Waals surface area (Å²) in [6, 6.07) is 8.07. The van der Waals surface area contributed by atoms with E-state index in [9.17, 15) is 9.59 Å². The molecule has 0 spiro atoms. The maximum absolute atomic E-state index is 11.8. The Kier molecular flexibility index (Phi) is 4.58. The van der Waals surface area contributed by atoms with Crippen molar-refractivity contribution in [1.29, 1.82) is 0 Å². The van der Waals surface area contributed by atoms with Crippen LogP contribution < -0.4 is 5.32 Å². The number of halogens is 2. The number of thiophene rings is 1. The number of carbonyl (C=O) groups excluding carboxylic acids is 2. The number of nitrogens with one attached hydrogen (secondary N) is 1. The van der Waals surface area contributed by atoms with Crippen LogP contribution in [0.2, 0.25) is 10.0 Å². The van der Waals surface area contributed by atoms with Gasteiger partial charge in [-0.25, -0.2) is 0 Å². The van der Waals surface area contributed by atoms with Crippen molar-refractivity contribution in [2.24, 2.45) is 0 Å². The molecule has 0 atom stereocenters. The number of amides is 1. The summed E-state index contributed by atoms with van der Waals surface area (Å²) < 4.78 is 0. The number of hydrogen-bond acceptors (Lipinski definition) is 3. The molecular formula is C13H9Cl2NO2S.